The summed E-state index contributed by atoms with van der Waals surface area (Å²) in [5, 5.41) is 11.0. The van der Waals surface area contributed by atoms with Gasteiger partial charge in [-0.15, -0.1) is 35.3 Å². The molecule has 0 amide bonds. The van der Waals surface area contributed by atoms with Gasteiger partial charge >= 0.3 is 0 Å². The van der Waals surface area contributed by atoms with Crippen LogP contribution in [-0.4, -0.2) is 52.9 Å². The van der Waals surface area contributed by atoms with E-state index in [1.54, 1.807) is 18.4 Å². The third-order valence-electron chi connectivity index (χ3n) is 4.51. The van der Waals surface area contributed by atoms with Gasteiger partial charge in [-0.05, 0) is 39.7 Å². The number of aliphatic imine (C=N–C) groups is 1. The maximum Gasteiger partial charge on any atom is 0.194 e. The topological polar surface area (TPSA) is 67.6 Å². The van der Waals surface area contributed by atoms with E-state index in [1.165, 1.54) is 5.69 Å². The van der Waals surface area contributed by atoms with Crippen molar-refractivity contribution in [3.05, 3.63) is 33.5 Å². The average molecular weight is 535 g/mol. The molecule has 0 aromatic carbocycles. The molecule has 0 aliphatic rings. The van der Waals surface area contributed by atoms with Gasteiger partial charge in [0.25, 0.3) is 0 Å². The van der Waals surface area contributed by atoms with Crippen LogP contribution >= 0.6 is 35.3 Å². The van der Waals surface area contributed by atoms with Crippen molar-refractivity contribution < 1.29 is 4.74 Å². The highest BCUT2D eigenvalue weighted by Crippen LogP contribution is 2.21. The molecule has 7 nitrogen and oxygen atoms in total. The average Bonchev–Trinajstić information content (AvgIpc) is 3.24. The summed E-state index contributed by atoms with van der Waals surface area (Å²) < 4.78 is 7.42. The molecule has 2 heterocycles. The van der Waals surface area contributed by atoms with Crippen molar-refractivity contribution in [2.45, 2.75) is 53.8 Å². The van der Waals surface area contributed by atoms with E-state index in [0.717, 1.165) is 42.0 Å². The summed E-state index contributed by atoms with van der Waals surface area (Å²) in [5.41, 5.74) is 3.29. The van der Waals surface area contributed by atoms with Gasteiger partial charge in [-0.25, -0.2) is 4.98 Å². The molecule has 0 fully saturated rings. The second-order valence-corrected chi connectivity index (χ2v) is 8.21. The van der Waals surface area contributed by atoms with Gasteiger partial charge in [0.1, 0.15) is 11.1 Å². The van der Waals surface area contributed by atoms with Crippen LogP contribution in [-0.2, 0) is 17.8 Å². The Hall–Kier alpha value is -1.20. The van der Waals surface area contributed by atoms with Crippen molar-refractivity contribution in [1.29, 1.82) is 0 Å². The molecule has 1 N–H and O–H groups in total. The summed E-state index contributed by atoms with van der Waals surface area (Å²) in [7, 11) is 3.76. The fourth-order valence-corrected chi connectivity index (χ4v) is 3.77. The Morgan fingerprint density at radius 1 is 1.38 bits per heavy atom. The highest BCUT2D eigenvalue weighted by atomic mass is 127. The molecule has 0 saturated carbocycles. The Morgan fingerprint density at radius 2 is 2.10 bits per heavy atom. The number of thiazole rings is 1. The second-order valence-electron chi connectivity index (χ2n) is 7.32. The van der Waals surface area contributed by atoms with Gasteiger partial charge in [-0.2, -0.15) is 5.10 Å². The van der Waals surface area contributed by atoms with Crippen molar-refractivity contribution >= 4 is 41.3 Å². The van der Waals surface area contributed by atoms with Gasteiger partial charge in [-0.1, -0.05) is 6.92 Å². The first-order valence-electron chi connectivity index (χ1n) is 9.81. The lowest BCUT2D eigenvalue weighted by molar-refractivity contribution is 0.119. The molecule has 0 spiro atoms. The fourth-order valence-electron chi connectivity index (χ4n) is 2.93. The number of nitrogens with one attached hydrogen (secondary N) is 1. The van der Waals surface area contributed by atoms with Gasteiger partial charge in [-0.3, -0.25) is 9.67 Å². The SMILES string of the molecule is CCNC(=NCC(C)Cn1nc(C)cc1C)N(C)Cc1csc(C(C)OC)n1.I. The van der Waals surface area contributed by atoms with Gasteiger partial charge in [0.2, 0.25) is 0 Å². The molecule has 0 bridgehead atoms. The van der Waals surface area contributed by atoms with E-state index in [9.17, 15) is 0 Å². The number of rotatable bonds is 9. The summed E-state index contributed by atoms with van der Waals surface area (Å²) >= 11 is 1.64. The van der Waals surface area contributed by atoms with E-state index >= 15 is 0 Å². The predicted octanol–water partition coefficient (Wildman–Crippen LogP) is 4.02. The molecule has 2 aromatic heterocycles. The van der Waals surface area contributed by atoms with Crippen molar-refractivity contribution in [3.63, 3.8) is 0 Å². The quantitative estimate of drug-likeness (QED) is 0.299. The first-order valence-corrected chi connectivity index (χ1v) is 10.7. The summed E-state index contributed by atoms with van der Waals surface area (Å²) in [5.74, 6) is 1.30. The van der Waals surface area contributed by atoms with E-state index in [-0.39, 0.29) is 30.1 Å². The minimum absolute atomic E-state index is 0. The maximum absolute atomic E-state index is 5.36. The molecule has 0 aliphatic carbocycles. The zero-order valence-electron chi connectivity index (χ0n) is 18.6. The van der Waals surface area contributed by atoms with E-state index in [1.807, 2.05) is 20.9 Å². The van der Waals surface area contributed by atoms with Gasteiger partial charge in [0, 0.05) is 44.9 Å². The molecule has 164 valence electrons. The van der Waals surface area contributed by atoms with Crippen molar-refractivity contribution in [2.75, 3.05) is 27.2 Å². The lowest BCUT2D eigenvalue weighted by Crippen LogP contribution is -2.39. The van der Waals surface area contributed by atoms with Crippen LogP contribution in [0.3, 0.4) is 0 Å². The highest BCUT2D eigenvalue weighted by Gasteiger charge is 2.13. The lowest BCUT2D eigenvalue weighted by Gasteiger charge is -2.22. The molecule has 0 radical (unpaired) electrons. The highest BCUT2D eigenvalue weighted by molar-refractivity contribution is 14.0. The van der Waals surface area contributed by atoms with Crippen LogP contribution in [0.15, 0.2) is 16.4 Å². The fraction of sp³-hybridized carbons (Fsp3) is 0.650. The van der Waals surface area contributed by atoms with Crippen molar-refractivity contribution in [2.24, 2.45) is 10.9 Å². The molecule has 2 unspecified atom stereocenters. The van der Waals surface area contributed by atoms with Gasteiger partial charge < -0.3 is 15.0 Å². The Labute approximate surface area is 196 Å². The number of hydrogen-bond acceptors (Lipinski definition) is 5. The Balaban J connectivity index is 0.00000420. The van der Waals surface area contributed by atoms with Crippen LogP contribution in [0.4, 0.5) is 0 Å². The number of ether oxygens (including phenoxy) is 1. The number of guanidine groups is 1. The van der Waals surface area contributed by atoms with E-state index in [0.29, 0.717) is 12.5 Å². The monoisotopic (exact) mass is 534 g/mol. The lowest BCUT2D eigenvalue weighted by atomic mass is 10.2. The molecule has 9 heteroatoms. The summed E-state index contributed by atoms with van der Waals surface area (Å²) in [6.45, 7) is 13.6. The number of aromatic nitrogens is 3. The van der Waals surface area contributed by atoms with Crippen LogP contribution in [0, 0.1) is 19.8 Å². The summed E-state index contributed by atoms with van der Waals surface area (Å²) in [4.78, 5) is 11.6. The zero-order chi connectivity index (χ0) is 20.7. The van der Waals surface area contributed by atoms with Crippen molar-refractivity contribution in [1.82, 2.24) is 25.0 Å². The molecule has 0 saturated heterocycles. The number of halogens is 1. The minimum Gasteiger partial charge on any atom is -0.375 e. The minimum atomic E-state index is 0. The van der Waals surface area contributed by atoms with Gasteiger partial charge in [0.05, 0.1) is 17.9 Å². The number of methoxy groups -OCH3 is 1. The van der Waals surface area contributed by atoms with Crippen molar-refractivity contribution in [3.8, 4) is 0 Å². The van der Waals surface area contributed by atoms with Gasteiger partial charge in [0.15, 0.2) is 5.96 Å². The standard InChI is InChI=1S/C20H34N6OS.HI/c1-8-21-20(22-10-14(2)11-26-16(4)9-15(3)24-26)25(6)12-18-13-28-19(23-18)17(5)27-7;/h9,13-14,17H,8,10-12H2,1-7H3,(H,21,22);1H. The summed E-state index contributed by atoms with van der Waals surface area (Å²) in [6.07, 6.45) is 0.0289. The molecular formula is C20H35IN6OS. The number of aryl methyl sites for hydroxylation is 2. The largest absolute Gasteiger partial charge is 0.375 e. The predicted molar refractivity (Wildman–Crippen MR) is 131 cm³/mol. The third-order valence-corrected chi connectivity index (χ3v) is 5.56. The van der Waals surface area contributed by atoms with E-state index < -0.39 is 0 Å². The van der Waals surface area contributed by atoms with E-state index in [2.05, 4.69) is 57.2 Å². The van der Waals surface area contributed by atoms with Crippen LogP contribution in [0.5, 0.6) is 0 Å². The Kier molecular flexibility index (Phi) is 11.1. The molecule has 0 aliphatic heterocycles. The van der Waals surface area contributed by atoms with E-state index in [4.69, 9.17) is 9.73 Å². The Bertz CT molecular complexity index is 775. The first-order chi connectivity index (χ1) is 13.3. The molecule has 2 aromatic rings. The molecule has 2 rings (SSSR count). The smallest absolute Gasteiger partial charge is 0.194 e. The molecule has 2 atom stereocenters. The molecular weight excluding hydrogens is 499 g/mol. The van der Waals surface area contributed by atoms with Crippen LogP contribution in [0.2, 0.25) is 0 Å². The first kappa shape index (κ1) is 25.8. The van der Waals surface area contributed by atoms with Crippen LogP contribution in [0.25, 0.3) is 0 Å². The maximum atomic E-state index is 5.36. The third kappa shape index (κ3) is 7.86. The normalized spacial score (nSPS) is 13.7. The molecule has 29 heavy (non-hydrogen) atoms. The number of nitrogens with zero attached hydrogens (tertiary/aromatic N) is 5. The summed E-state index contributed by atoms with van der Waals surface area (Å²) in [6, 6.07) is 2.11. The number of hydrogen-bond donors (Lipinski definition) is 1. The second kappa shape index (κ2) is 12.5. The Morgan fingerprint density at radius 3 is 2.69 bits per heavy atom. The van der Waals surface area contributed by atoms with Crippen LogP contribution < -0.4 is 5.32 Å². The van der Waals surface area contributed by atoms with Crippen LogP contribution in [0.1, 0.15) is 49.0 Å². The zero-order valence-corrected chi connectivity index (χ0v) is 21.7.